The molecule has 1 saturated heterocycles. The van der Waals surface area contributed by atoms with Gasteiger partial charge in [-0.1, -0.05) is 24.3 Å². The molecule has 0 aliphatic carbocycles. The average molecular weight is 329 g/mol. The summed E-state index contributed by atoms with van der Waals surface area (Å²) >= 11 is 6.09. The molecule has 120 valence electrons. The Bertz CT molecular complexity index is 710. The number of carbonyl (C=O) groups excluding carboxylic acids is 1. The van der Waals surface area contributed by atoms with E-state index in [1.54, 1.807) is 6.20 Å². The van der Waals surface area contributed by atoms with E-state index in [2.05, 4.69) is 11.6 Å². The lowest BCUT2D eigenvalue weighted by Gasteiger charge is -2.33. The first-order valence-corrected chi connectivity index (χ1v) is 8.43. The van der Waals surface area contributed by atoms with Gasteiger partial charge in [0, 0.05) is 36.7 Å². The molecule has 2 unspecified atom stereocenters. The predicted molar refractivity (Wildman–Crippen MR) is 94.5 cm³/mol. The topological polar surface area (TPSA) is 33.2 Å². The highest BCUT2D eigenvalue weighted by molar-refractivity contribution is 6.13. The monoisotopic (exact) mass is 328 g/mol. The summed E-state index contributed by atoms with van der Waals surface area (Å²) in [7, 11) is 0. The van der Waals surface area contributed by atoms with Gasteiger partial charge in [0.05, 0.1) is 5.52 Å². The number of Topliss-reactive ketones (excluding diaryl/α,β-unsaturated/α-hetero) is 1. The van der Waals surface area contributed by atoms with Gasteiger partial charge in [0.2, 0.25) is 0 Å². The molecule has 1 aromatic heterocycles. The Labute approximate surface area is 142 Å². The summed E-state index contributed by atoms with van der Waals surface area (Å²) < 4.78 is 1.82. The van der Waals surface area contributed by atoms with Crippen molar-refractivity contribution in [2.24, 2.45) is 11.8 Å². The van der Waals surface area contributed by atoms with Crippen molar-refractivity contribution < 1.29 is 4.79 Å². The van der Waals surface area contributed by atoms with Gasteiger partial charge in [-0.15, -0.1) is 6.58 Å². The van der Waals surface area contributed by atoms with Gasteiger partial charge >= 0.3 is 0 Å². The zero-order valence-corrected chi connectivity index (χ0v) is 13.9. The third kappa shape index (κ3) is 3.62. The van der Waals surface area contributed by atoms with Crippen molar-refractivity contribution in [1.29, 1.82) is 0 Å². The van der Waals surface area contributed by atoms with Gasteiger partial charge in [-0.05, 0) is 48.6 Å². The Morgan fingerprint density at radius 1 is 1.39 bits per heavy atom. The van der Waals surface area contributed by atoms with Crippen molar-refractivity contribution >= 4 is 28.5 Å². The van der Waals surface area contributed by atoms with Crippen LogP contribution in [0.2, 0.25) is 0 Å². The molecule has 0 bridgehead atoms. The molecule has 0 N–H and O–H groups in total. The number of hydrogen-bond donors (Lipinski definition) is 0. The number of fused-ring (bicyclic) bond motifs is 1. The molecule has 1 aliphatic heterocycles. The number of piperidine rings is 1. The second-order valence-electron chi connectivity index (χ2n) is 6.15. The maximum Gasteiger partial charge on any atom is 0.163 e. The van der Waals surface area contributed by atoms with Crippen molar-refractivity contribution in [3.8, 4) is 0 Å². The molecule has 1 fully saturated rings. The van der Waals surface area contributed by atoms with E-state index >= 15 is 0 Å². The molecule has 4 heteroatoms. The summed E-state index contributed by atoms with van der Waals surface area (Å²) in [6.45, 7) is 5.62. The molecular formula is C19H21ClN2O. The Kier molecular flexibility index (Phi) is 5.09. The van der Waals surface area contributed by atoms with Gasteiger partial charge in [0.15, 0.2) is 5.78 Å². The first-order chi connectivity index (χ1) is 11.2. The highest BCUT2D eigenvalue weighted by Gasteiger charge is 2.27. The molecule has 2 atom stereocenters. The number of para-hydroxylation sites is 1. The molecule has 1 aromatic carbocycles. The van der Waals surface area contributed by atoms with Crippen LogP contribution in [0.15, 0.2) is 49.2 Å². The number of aromatic nitrogens is 1. The van der Waals surface area contributed by atoms with Crippen LogP contribution >= 0.6 is 11.8 Å². The molecule has 2 heterocycles. The highest BCUT2D eigenvalue weighted by Crippen LogP contribution is 2.30. The van der Waals surface area contributed by atoms with E-state index in [1.807, 2.05) is 40.8 Å². The molecule has 3 rings (SSSR count). The molecule has 0 spiro atoms. The van der Waals surface area contributed by atoms with Crippen LogP contribution in [0.4, 0.5) is 0 Å². The Hall–Kier alpha value is -1.71. The lowest BCUT2D eigenvalue weighted by atomic mass is 9.82. The minimum atomic E-state index is 0.194. The number of rotatable bonds is 5. The van der Waals surface area contributed by atoms with Gasteiger partial charge < -0.3 is 0 Å². The van der Waals surface area contributed by atoms with Crippen LogP contribution < -0.4 is 0 Å². The largest absolute Gasteiger partial charge is 0.294 e. The zero-order valence-electron chi connectivity index (χ0n) is 13.1. The van der Waals surface area contributed by atoms with Crippen LogP contribution in [0, 0.1) is 11.8 Å². The lowest BCUT2D eigenvalue weighted by molar-refractivity contribution is 0.0963. The number of nitrogens with zero attached hydrogens (tertiary/aromatic N) is 2. The Morgan fingerprint density at radius 2 is 2.22 bits per heavy atom. The van der Waals surface area contributed by atoms with E-state index in [-0.39, 0.29) is 5.78 Å². The number of halogens is 1. The third-order valence-corrected chi connectivity index (χ3v) is 5.06. The minimum absolute atomic E-state index is 0.194. The third-order valence-electron chi connectivity index (χ3n) is 4.75. The summed E-state index contributed by atoms with van der Waals surface area (Å²) in [5.41, 5.74) is 1.65. The maximum absolute atomic E-state index is 12.7. The number of hydrogen-bond acceptors (Lipinski definition) is 3. The van der Waals surface area contributed by atoms with Crippen LogP contribution in [0.5, 0.6) is 0 Å². The smallest absolute Gasteiger partial charge is 0.163 e. The fourth-order valence-electron chi connectivity index (χ4n) is 3.40. The second kappa shape index (κ2) is 7.24. The number of carbonyl (C=O) groups is 1. The molecule has 23 heavy (non-hydrogen) atoms. The van der Waals surface area contributed by atoms with E-state index in [0.29, 0.717) is 18.3 Å². The van der Waals surface area contributed by atoms with E-state index in [4.69, 9.17) is 11.8 Å². The molecule has 0 amide bonds. The van der Waals surface area contributed by atoms with E-state index in [0.717, 1.165) is 42.4 Å². The second-order valence-corrected chi connectivity index (χ2v) is 6.63. The summed E-state index contributed by atoms with van der Waals surface area (Å²) in [4.78, 5) is 17.0. The fourth-order valence-corrected chi connectivity index (χ4v) is 3.66. The van der Waals surface area contributed by atoms with Gasteiger partial charge in [0.25, 0.3) is 0 Å². The van der Waals surface area contributed by atoms with Gasteiger partial charge in [0.1, 0.15) is 0 Å². The van der Waals surface area contributed by atoms with Crippen molar-refractivity contribution in [3.63, 3.8) is 0 Å². The van der Waals surface area contributed by atoms with Gasteiger partial charge in [-0.2, -0.15) is 0 Å². The van der Waals surface area contributed by atoms with Gasteiger partial charge in [-0.25, -0.2) is 4.42 Å². The van der Waals surface area contributed by atoms with Crippen molar-refractivity contribution in [1.82, 2.24) is 9.40 Å². The molecule has 2 aromatic rings. The van der Waals surface area contributed by atoms with Crippen molar-refractivity contribution in [2.75, 3.05) is 13.1 Å². The number of pyridine rings is 1. The summed E-state index contributed by atoms with van der Waals surface area (Å²) in [5.74, 6) is 1.04. The van der Waals surface area contributed by atoms with Crippen LogP contribution in [0.3, 0.4) is 0 Å². The predicted octanol–water partition coefficient (Wildman–Crippen LogP) is 4.48. The van der Waals surface area contributed by atoms with E-state index in [9.17, 15) is 4.79 Å². The Morgan fingerprint density at radius 3 is 3.04 bits per heavy atom. The van der Waals surface area contributed by atoms with Crippen LogP contribution in [0.1, 0.15) is 29.6 Å². The van der Waals surface area contributed by atoms with Crippen LogP contribution in [0.25, 0.3) is 10.9 Å². The highest BCUT2D eigenvalue weighted by atomic mass is 35.5. The molecular weight excluding hydrogens is 308 g/mol. The van der Waals surface area contributed by atoms with Gasteiger partial charge in [-0.3, -0.25) is 9.78 Å². The Balaban J connectivity index is 1.70. The zero-order chi connectivity index (χ0) is 16.2. The van der Waals surface area contributed by atoms with Crippen LogP contribution in [-0.4, -0.2) is 28.3 Å². The van der Waals surface area contributed by atoms with Crippen molar-refractivity contribution in [3.05, 3.63) is 54.7 Å². The molecule has 1 aliphatic rings. The first-order valence-electron chi connectivity index (χ1n) is 8.09. The lowest BCUT2D eigenvalue weighted by Crippen LogP contribution is -2.34. The molecule has 3 nitrogen and oxygen atoms in total. The normalized spacial score (nSPS) is 22.1. The summed E-state index contributed by atoms with van der Waals surface area (Å²) in [6.07, 6.45) is 6.16. The van der Waals surface area contributed by atoms with E-state index in [1.165, 1.54) is 0 Å². The number of ketones is 1. The molecule has 0 radical (unpaired) electrons. The first kappa shape index (κ1) is 16.2. The standard InChI is InChI=1S/C19H21ClN2O/c1-2-14-13-22(20)12-10-15(14)7-8-19(23)17-9-11-21-18-6-4-3-5-16(17)18/h2-6,9,11,14-15H,1,7-8,10,12-13H2. The summed E-state index contributed by atoms with van der Waals surface area (Å²) in [6, 6.07) is 9.63. The summed E-state index contributed by atoms with van der Waals surface area (Å²) in [5, 5.41) is 0.941. The minimum Gasteiger partial charge on any atom is -0.294 e. The SMILES string of the molecule is C=CC1CN(Cl)CCC1CCC(=O)c1ccnc2ccccc12. The number of benzene rings is 1. The quantitative estimate of drug-likeness (QED) is 0.461. The maximum atomic E-state index is 12.7. The fraction of sp³-hybridized carbons (Fsp3) is 0.368. The average Bonchev–Trinajstić information content (AvgIpc) is 2.59. The van der Waals surface area contributed by atoms with Crippen LogP contribution in [-0.2, 0) is 0 Å². The molecule has 0 saturated carbocycles. The van der Waals surface area contributed by atoms with E-state index < -0.39 is 0 Å². The van der Waals surface area contributed by atoms with Crippen molar-refractivity contribution in [2.45, 2.75) is 19.3 Å².